The number of imidazole rings is 1. The molecule has 0 saturated carbocycles. The summed E-state index contributed by atoms with van der Waals surface area (Å²) in [5.41, 5.74) is 2.22. The van der Waals surface area contributed by atoms with Gasteiger partial charge in [0.1, 0.15) is 0 Å². The van der Waals surface area contributed by atoms with E-state index < -0.39 is 5.23 Å². The molecule has 4 rings (SSSR count). The van der Waals surface area contributed by atoms with Crippen LogP contribution in [0.5, 0.6) is 0 Å². The van der Waals surface area contributed by atoms with Crippen LogP contribution in [0.25, 0.3) is 22.8 Å². The molecule has 0 fully saturated rings. The first kappa shape index (κ1) is 21.0. The molecule has 1 heterocycles. The number of carbonyl (C=O) groups excluding carboxylic acids is 1. The summed E-state index contributed by atoms with van der Waals surface area (Å²) in [7, 11) is 0. The van der Waals surface area contributed by atoms with Gasteiger partial charge in [-0.15, -0.1) is 5.23 Å². The van der Waals surface area contributed by atoms with Crippen LogP contribution in [0.3, 0.4) is 0 Å². The van der Waals surface area contributed by atoms with E-state index in [0.717, 1.165) is 0 Å². The molecular weight excluding hydrogens is 414 g/mol. The summed E-state index contributed by atoms with van der Waals surface area (Å²) in [6.45, 7) is 0. The number of fused-ring (bicyclic) bond motifs is 1. The molecule has 0 unspecified atom stereocenters. The van der Waals surface area contributed by atoms with Crippen molar-refractivity contribution >= 4 is 40.1 Å². The number of nitrogens with one attached hydrogen (secondary N) is 2. The number of benzene rings is 3. The van der Waals surface area contributed by atoms with Gasteiger partial charge in [-0.2, -0.15) is 0 Å². The third-order valence-electron chi connectivity index (χ3n) is 4.63. The molecule has 0 aliphatic heterocycles. The van der Waals surface area contributed by atoms with Crippen LogP contribution in [0.4, 0.5) is 11.4 Å². The Morgan fingerprint density at radius 1 is 0.969 bits per heavy atom. The number of amides is 1. The number of aromatic amines is 1. The molecule has 10 nitrogen and oxygen atoms in total. The Morgan fingerprint density at radius 2 is 1.75 bits per heavy atom. The van der Waals surface area contributed by atoms with E-state index in [4.69, 9.17) is 0 Å². The highest BCUT2D eigenvalue weighted by molar-refractivity contribution is 6.02. The molecule has 4 N–H and O–H groups in total. The van der Waals surface area contributed by atoms with Gasteiger partial charge in [-0.3, -0.25) is 15.2 Å². The van der Waals surface area contributed by atoms with Crippen LogP contribution in [-0.4, -0.2) is 26.3 Å². The van der Waals surface area contributed by atoms with E-state index in [2.05, 4.69) is 15.3 Å². The lowest BCUT2D eigenvalue weighted by Gasteiger charge is -2.37. The van der Waals surface area contributed by atoms with E-state index >= 15 is 0 Å². The van der Waals surface area contributed by atoms with Gasteiger partial charge in [0, 0.05) is 11.3 Å². The van der Waals surface area contributed by atoms with Gasteiger partial charge in [0.05, 0.1) is 22.4 Å². The van der Waals surface area contributed by atoms with Crippen molar-refractivity contribution in [2.24, 2.45) is 0 Å². The number of hydrogen-bond acceptors (Lipinski definition) is 8. The van der Waals surface area contributed by atoms with Crippen molar-refractivity contribution in [1.29, 1.82) is 0 Å². The quantitative estimate of drug-likeness (QED) is 0.336. The molecule has 3 aromatic carbocycles. The van der Waals surface area contributed by atoms with Crippen molar-refractivity contribution in [3.05, 3.63) is 100 Å². The maximum atomic E-state index is 12.8. The summed E-state index contributed by atoms with van der Waals surface area (Å²) in [6.07, 6.45) is 1.57. The van der Waals surface area contributed by atoms with Gasteiger partial charge in [0.2, 0.25) is 0 Å². The van der Waals surface area contributed by atoms with E-state index in [9.17, 15) is 25.6 Å². The van der Waals surface area contributed by atoms with Gasteiger partial charge in [-0.1, -0.05) is 30.3 Å². The highest BCUT2D eigenvalue weighted by Gasteiger charge is 2.14. The largest absolute Gasteiger partial charge is 0.769 e. The van der Waals surface area contributed by atoms with Crippen LogP contribution < -0.4 is 15.8 Å². The molecule has 4 aromatic rings. The lowest BCUT2D eigenvalue weighted by molar-refractivity contribution is 0.0292. The fourth-order valence-corrected chi connectivity index (χ4v) is 3.09. The highest BCUT2D eigenvalue weighted by atomic mass is 16.8. The lowest BCUT2D eigenvalue weighted by Crippen LogP contribution is -2.22. The second-order valence-corrected chi connectivity index (χ2v) is 6.81. The van der Waals surface area contributed by atoms with Gasteiger partial charge >= 0.3 is 0 Å². The number of rotatable bonds is 6. The molecule has 0 spiro atoms. The second-order valence-electron chi connectivity index (χ2n) is 6.81. The third-order valence-corrected chi connectivity index (χ3v) is 4.63. The Morgan fingerprint density at radius 3 is 2.47 bits per heavy atom. The summed E-state index contributed by atoms with van der Waals surface area (Å²) in [4.78, 5) is 20.3. The van der Waals surface area contributed by atoms with E-state index in [1.165, 1.54) is 24.3 Å². The Labute approximate surface area is 181 Å². The first-order valence-corrected chi connectivity index (χ1v) is 9.41. The monoisotopic (exact) mass is 431 g/mol. The lowest BCUT2D eigenvalue weighted by atomic mass is 10.1. The summed E-state index contributed by atoms with van der Waals surface area (Å²) < 4.78 is 0. The Kier molecular flexibility index (Phi) is 5.83. The molecule has 162 valence electrons. The number of nitrogens with zero attached hydrogens (tertiary/aromatic N) is 3. The van der Waals surface area contributed by atoms with E-state index in [0.29, 0.717) is 22.2 Å². The molecule has 0 aliphatic rings. The SMILES string of the molecule is O=C(N/C(=C\c1cccc(N([O-])[O-])c1)c1nc2ccc(N(O)O)cc2[nH]1)c1ccccc1. The zero-order valence-electron chi connectivity index (χ0n) is 16.5. The number of hydrogen-bond donors (Lipinski definition) is 4. The van der Waals surface area contributed by atoms with Crippen molar-refractivity contribution in [2.75, 3.05) is 10.5 Å². The van der Waals surface area contributed by atoms with E-state index in [-0.39, 0.29) is 34.0 Å². The summed E-state index contributed by atoms with van der Waals surface area (Å²) in [6, 6.07) is 19.0. The molecule has 1 amide bonds. The molecule has 0 aliphatic carbocycles. The molecule has 0 saturated heterocycles. The number of H-pyrrole nitrogens is 1. The zero-order chi connectivity index (χ0) is 22.7. The van der Waals surface area contributed by atoms with Gasteiger partial charge in [0.25, 0.3) is 5.91 Å². The normalized spacial score (nSPS) is 11.4. The topological polar surface area (TPSA) is 151 Å². The summed E-state index contributed by atoms with van der Waals surface area (Å²) in [5, 5.41) is 43.0. The van der Waals surface area contributed by atoms with Crippen molar-refractivity contribution < 1.29 is 15.2 Å². The predicted molar refractivity (Wildman–Crippen MR) is 120 cm³/mol. The first-order chi connectivity index (χ1) is 15.4. The Hall–Kier alpha value is -4.22. The van der Waals surface area contributed by atoms with Gasteiger partial charge in [-0.05, 0) is 54.1 Å². The Bertz CT molecular complexity index is 1280. The Balaban J connectivity index is 1.77. The summed E-state index contributed by atoms with van der Waals surface area (Å²) in [5.74, 6) is -0.101. The number of carbonyl (C=O) groups is 1. The van der Waals surface area contributed by atoms with Crippen LogP contribution in [0.2, 0.25) is 0 Å². The smallest absolute Gasteiger partial charge is 0.255 e. The van der Waals surface area contributed by atoms with Crippen molar-refractivity contribution in [3.8, 4) is 0 Å². The van der Waals surface area contributed by atoms with Crippen molar-refractivity contribution in [3.63, 3.8) is 0 Å². The second kappa shape index (κ2) is 8.88. The molecular formula is C22H17N5O5-2. The van der Waals surface area contributed by atoms with Crippen molar-refractivity contribution in [2.45, 2.75) is 0 Å². The van der Waals surface area contributed by atoms with Crippen LogP contribution in [-0.2, 0) is 0 Å². The average Bonchev–Trinajstić information content (AvgIpc) is 3.22. The van der Waals surface area contributed by atoms with Crippen LogP contribution in [0.1, 0.15) is 21.7 Å². The standard InChI is InChI=1S/C22H17N5O5/c28-22(15-6-2-1-3-7-15)25-20(12-14-5-4-8-16(11-14)26(29)30)21-23-18-10-9-17(27(31)32)13-19(18)24-21/h1-13,31-32H,(H,23,24)(H,25,28)/q-2/b20-12-. The first-order valence-electron chi connectivity index (χ1n) is 9.41. The van der Waals surface area contributed by atoms with E-state index in [1.807, 2.05) is 0 Å². The van der Waals surface area contributed by atoms with Gasteiger partial charge < -0.3 is 25.9 Å². The van der Waals surface area contributed by atoms with Gasteiger partial charge in [0.15, 0.2) is 5.82 Å². The fraction of sp³-hybridized carbons (Fsp3) is 0. The minimum absolute atomic E-state index is 0.0169. The average molecular weight is 431 g/mol. The molecule has 32 heavy (non-hydrogen) atoms. The summed E-state index contributed by atoms with van der Waals surface area (Å²) >= 11 is 0. The predicted octanol–water partition coefficient (Wildman–Crippen LogP) is 3.88. The van der Waals surface area contributed by atoms with Crippen molar-refractivity contribution in [1.82, 2.24) is 15.3 Å². The minimum Gasteiger partial charge on any atom is -0.769 e. The van der Waals surface area contributed by atoms with Gasteiger partial charge in [-0.25, -0.2) is 4.98 Å². The fourth-order valence-electron chi connectivity index (χ4n) is 3.09. The molecule has 1 aromatic heterocycles. The molecule has 10 heteroatoms. The zero-order valence-corrected chi connectivity index (χ0v) is 16.5. The maximum Gasteiger partial charge on any atom is 0.255 e. The van der Waals surface area contributed by atoms with Crippen LogP contribution in [0.15, 0.2) is 72.8 Å². The maximum absolute atomic E-state index is 12.8. The number of anilines is 2. The van der Waals surface area contributed by atoms with Crippen LogP contribution >= 0.6 is 0 Å². The number of aromatic nitrogens is 2. The molecule has 0 atom stereocenters. The molecule has 0 bridgehead atoms. The molecule has 0 radical (unpaired) electrons. The third kappa shape index (κ3) is 4.58. The highest BCUT2D eigenvalue weighted by Crippen LogP contribution is 2.23. The van der Waals surface area contributed by atoms with Crippen LogP contribution in [0, 0.1) is 10.4 Å². The minimum atomic E-state index is -0.502. The van der Waals surface area contributed by atoms with E-state index in [1.54, 1.807) is 54.6 Å².